The third-order valence-electron chi connectivity index (χ3n) is 6.35. The summed E-state index contributed by atoms with van der Waals surface area (Å²) in [4.78, 5) is 11.9. The molecule has 2 heteroatoms. The van der Waals surface area contributed by atoms with Gasteiger partial charge in [0.1, 0.15) is 7.15 Å². The number of Topliss-reactive ketones (excluding diaryl/α,β-unsaturated/α-hetero) is 1. The number of aliphatic hydroxyl groups is 1. The van der Waals surface area contributed by atoms with E-state index in [1.165, 1.54) is 18.4 Å². The lowest BCUT2D eigenvalue weighted by molar-refractivity contribution is -0.122. The van der Waals surface area contributed by atoms with Crippen molar-refractivity contribution in [3.8, 4) is 12.8 Å². The molecule has 0 spiro atoms. The van der Waals surface area contributed by atoms with Gasteiger partial charge in [-0.15, -0.1) is 12.8 Å². The molecule has 1 saturated carbocycles. The SMILES string of the molecule is C[C@H]1CC(=O)C[C@H](CCC2[C@@H](C)C=CC3=C[C@H](C)C[C@H](O)[C@@H]32)C1.[2H]C#C. The fourth-order valence-electron chi connectivity index (χ4n) is 5.31. The predicted molar refractivity (Wildman–Crippen MR) is 104 cm³/mol. The summed E-state index contributed by atoms with van der Waals surface area (Å²) in [7, 11) is 0. The molecule has 138 valence electrons. The van der Waals surface area contributed by atoms with Crippen LogP contribution in [0.25, 0.3) is 0 Å². The van der Waals surface area contributed by atoms with Crippen molar-refractivity contribution >= 4 is 5.78 Å². The fourth-order valence-corrected chi connectivity index (χ4v) is 5.31. The van der Waals surface area contributed by atoms with Crippen molar-refractivity contribution in [1.82, 2.24) is 0 Å². The average molecular weight is 344 g/mol. The van der Waals surface area contributed by atoms with Crippen molar-refractivity contribution in [3.63, 3.8) is 0 Å². The van der Waals surface area contributed by atoms with Gasteiger partial charge in [0, 0.05) is 18.8 Å². The highest BCUT2D eigenvalue weighted by molar-refractivity contribution is 5.79. The number of terminal acetylenes is 1. The van der Waals surface area contributed by atoms with Crippen LogP contribution in [0.1, 0.15) is 60.7 Å². The van der Waals surface area contributed by atoms with E-state index >= 15 is 0 Å². The van der Waals surface area contributed by atoms with E-state index in [9.17, 15) is 9.90 Å². The lowest BCUT2D eigenvalue weighted by Gasteiger charge is -2.42. The second-order valence-electron chi connectivity index (χ2n) is 8.59. The maximum absolute atomic E-state index is 11.9. The molecule has 0 heterocycles. The van der Waals surface area contributed by atoms with E-state index in [2.05, 4.69) is 45.4 Å². The second-order valence-corrected chi connectivity index (χ2v) is 8.59. The molecule has 0 aliphatic heterocycles. The lowest BCUT2D eigenvalue weighted by atomic mass is 9.64. The standard InChI is InChI=1S/C21H32O2.C2H2/c1-13-8-16(12-18(22)10-13)5-7-19-15(3)4-6-17-9-14(2)11-20(23)21(17)19;1-2/h4,6,9,13-16,19-21,23H,5,7-8,10-12H2,1-3H3;1-2H/t13-,14+,15+,16-,19?,20+,21+;/m1./s1/i;1D. The monoisotopic (exact) mass is 343 g/mol. The summed E-state index contributed by atoms with van der Waals surface area (Å²) >= 11 is 0. The highest BCUT2D eigenvalue weighted by Crippen LogP contribution is 2.44. The van der Waals surface area contributed by atoms with Gasteiger partial charge in [0.25, 0.3) is 0 Å². The lowest BCUT2D eigenvalue weighted by Crippen LogP contribution is -2.38. The zero-order chi connectivity index (χ0) is 19.3. The van der Waals surface area contributed by atoms with Crippen molar-refractivity contribution in [2.75, 3.05) is 0 Å². The van der Waals surface area contributed by atoms with E-state index in [0.717, 1.165) is 32.1 Å². The van der Waals surface area contributed by atoms with E-state index in [1.54, 1.807) is 0 Å². The first-order chi connectivity index (χ1) is 12.3. The molecule has 0 aromatic heterocycles. The minimum atomic E-state index is -0.200. The number of carbonyl (C=O) groups excluding carboxylic acids is 1. The molecule has 0 saturated heterocycles. The largest absolute Gasteiger partial charge is 0.392 e. The van der Waals surface area contributed by atoms with Gasteiger partial charge in [-0.3, -0.25) is 4.79 Å². The van der Waals surface area contributed by atoms with E-state index in [0.29, 0.717) is 41.3 Å². The van der Waals surface area contributed by atoms with Crippen LogP contribution in [0.2, 0.25) is 0 Å². The van der Waals surface area contributed by atoms with Crippen LogP contribution in [0.4, 0.5) is 0 Å². The molecule has 7 atom stereocenters. The van der Waals surface area contributed by atoms with Crippen LogP contribution in [0.3, 0.4) is 0 Å². The summed E-state index contributed by atoms with van der Waals surface area (Å²) in [5.41, 5.74) is 1.35. The summed E-state index contributed by atoms with van der Waals surface area (Å²) in [6.07, 6.45) is 18.4. The summed E-state index contributed by atoms with van der Waals surface area (Å²) in [5.74, 6) is 3.42. The van der Waals surface area contributed by atoms with Gasteiger partial charge in [0.15, 0.2) is 0 Å². The molecule has 0 aromatic carbocycles. The highest BCUT2D eigenvalue weighted by Gasteiger charge is 2.39. The maximum atomic E-state index is 11.9. The molecule has 1 N–H and O–H groups in total. The van der Waals surface area contributed by atoms with Crippen LogP contribution in [0.15, 0.2) is 23.8 Å². The molecule has 25 heavy (non-hydrogen) atoms. The summed E-state index contributed by atoms with van der Waals surface area (Å²) in [6, 6.07) is 0. The van der Waals surface area contributed by atoms with Crippen molar-refractivity contribution in [1.29, 1.82) is 0 Å². The number of ketones is 1. The van der Waals surface area contributed by atoms with Crippen molar-refractivity contribution in [3.05, 3.63) is 23.8 Å². The summed E-state index contributed by atoms with van der Waals surface area (Å²) < 4.78 is 5.74. The minimum Gasteiger partial charge on any atom is -0.392 e. The van der Waals surface area contributed by atoms with Crippen LogP contribution in [-0.2, 0) is 4.79 Å². The molecule has 3 rings (SSSR count). The van der Waals surface area contributed by atoms with Crippen LogP contribution in [0, 0.1) is 48.3 Å². The van der Waals surface area contributed by atoms with E-state index in [1.807, 2.05) is 0 Å². The molecule has 0 radical (unpaired) electrons. The first-order valence-electron chi connectivity index (χ1n) is 10.3. The van der Waals surface area contributed by atoms with Gasteiger partial charge in [0.2, 0.25) is 0 Å². The summed E-state index contributed by atoms with van der Waals surface area (Å²) in [5, 5.41) is 10.7. The zero-order valence-electron chi connectivity index (χ0n) is 16.9. The highest BCUT2D eigenvalue weighted by atomic mass is 16.3. The van der Waals surface area contributed by atoms with Crippen molar-refractivity contribution in [2.24, 2.45) is 35.5 Å². The quantitative estimate of drug-likeness (QED) is 0.748. The molecule has 2 nitrogen and oxygen atoms in total. The Kier molecular flexibility index (Phi) is 6.54. The van der Waals surface area contributed by atoms with E-state index < -0.39 is 0 Å². The number of carbonyl (C=O) groups is 1. The number of hydrogen-bond acceptors (Lipinski definition) is 2. The van der Waals surface area contributed by atoms with Crippen LogP contribution in [0.5, 0.6) is 0 Å². The molecule has 3 aliphatic carbocycles. The third kappa shape index (κ3) is 4.85. The smallest absolute Gasteiger partial charge is 0.133 e. The van der Waals surface area contributed by atoms with Crippen LogP contribution >= 0.6 is 0 Å². The molecule has 0 amide bonds. The minimum absolute atomic E-state index is 0.200. The fraction of sp³-hybridized carbons (Fsp3) is 0.696. The van der Waals surface area contributed by atoms with Gasteiger partial charge >= 0.3 is 0 Å². The number of aliphatic hydroxyl groups excluding tert-OH is 1. The number of hydrogen-bond donors (Lipinski definition) is 1. The first kappa shape index (κ1) is 18.5. The molecule has 0 bridgehead atoms. The summed E-state index contributed by atoms with van der Waals surface area (Å²) in [6.45, 7) is 6.70. The molecule has 3 aliphatic rings. The van der Waals surface area contributed by atoms with Crippen LogP contribution in [-0.4, -0.2) is 17.0 Å². The zero-order valence-corrected chi connectivity index (χ0v) is 15.9. The van der Waals surface area contributed by atoms with Gasteiger partial charge in [-0.2, -0.15) is 0 Å². The van der Waals surface area contributed by atoms with E-state index in [-0.39, 0.29) is 6.10 Å². The number of rotatable bonds is 3. The Labute approximate surface area is 155 Å². The third-order valence-corrected chi connectivity index (χ3v) is 6.35. The Morgan fingerprint density at radius 2 is 1.96 bits per heavy atom. The van der Waals surface area contributed by atoms with Gasteiger partial charge in [-0.25, -0.2) is 0 Å². The van der Waals surface area contributed by atoms with Crippen molar-refractivity contribution in [2.45, 2.75) is 65.4 Å². The van der Waals surface area contributed by atoms with Gasteiger partial charge < -0.3 is 5.11 Å². The molecular formula is C23H34O2. The molecule has 0 aromatic rings. The first-order valence-corrected chi connectivity index (χ1v) is 9.82. The average Bonchev–Trinajstić information content (AvgIpc) is 2.54. The Balaban J connectivity index is 0.000000758. The Bertz CT molecular complexity index is 586. The van der Waals surface area contributed by atoms with E-state index in [4.69, 9.17) is 1.37 Å². The number of allylic oxidation sites excluding steroid dienone is 3. The Morgan fingerprint density at radius 1 is 1.24 bits per heavy atom. The number of fused-ring (bicyclic) bond motifs is 1. The molecular weight excluding hydrogens is 308 g/mol. The molecule has 1 fully saturated rings. The second kappa shape index (κ2) is 8.86. The predicted octanol–water partition coefficient (Wildman–Crippen LogP) is 4.79. The topological polar surface area (TPSA) is 37.3 Å². The maximum Gasteiger partial charge on any atom is 0.133 e. The Morgan fingerprint density at radius 3 is 2.64 bits per heavy atom. The van der Waals surface area contributed by atoms with Crippen molar-refractivity contribution < 1.29 is 11.3 Å². The Hall–Kier alpha value is -1.33. The normalized spacial score (nSPS) is 40.8. The molecule has 1 unspecified atom stereocenters. The van der Waals surface area contributed by atoms with Crippen LogP contribution < -0.4 is 0 Å². The van der Waals surface area contributed by atoms with Gasteiger partial charge in [0.05, 0.1) is 6.10 Å². The van der Waals surface area contributed by atoms with Gasteiger partial charge in [-0.05, 0) is 60.8 Å². The van der Waals surface area contributed by atoms with Gasteiger partial charge in [-0.1, -0.05) is 39.0 Å².